The number of rotatable bonds is 6. The molecule has 3 N–H and O–H groups in total. The minimum atomic E-state index is -0.532. The molecule has 3 aromatic rings. The Balaban J connectivity index is 1.40. The molecule has 0 aliphatic carbocycles. The van der Waals surface area contributed by atoms with Gasteiger partial charge in [-0.15, -0.1) is 0 Å². The van der Waals surface area contributed by atoms with Crippen LogP contribution < -0.4 is 10.6 Å². The van der Waals surface area contributed by atoms with Gasteiger partial charge in [-0.2, -0.15) is 5.10 Å². The predicted molar refractivity (Wildman–Crippen MR) is 134 cm³/mol. The molecule has 3 amide bonds. The number of likely N-dealkylation sites (tertiary alicyclic amines) is 1. The molecule has 2 aromatic carbocycles. The average molecular weight is 561 g/mol. The predicted octanol–water partition coefficient (Wildman–Crippen LogP) is 4.96. The summed E-state index contributed by atoms with van der Waals surface area (Å²) in [6, 6.07) is 16.0. The zero-order valence-corrected chi connectivity index (χ0v) is 20.9. The number of aromatic nitrogens is 2. The second-order valence-electron chi connectivity index (χ2n) is 7.91. The first-order valence-electron chi connectivity index (χ1n) is 11.0. The summed E-state index contributed by atoms with van der Waals surface area (Å²) in [5.41, 5.74) is 1.27. The maximum absolute atomic E-state index is 13.0. The minimum absolute atomic E-state index is 0.114. The number of hydrogen-bond donors (Lipinski definition) is 3. The number of ether oxygens (including phenoxy) is 1. The van der Waals surface area contributed by atoms with Crippen molar-refractivity contribution in [1.82, 2.24) is 20.4 Å². The second kappa shape index (κ2) is 11.4. The fraction of sp³-hybridized carbons (Fsp3) is 0.250. The smallest absolute Gasteiger partial charge is 0.411 e. The van der Waals surface area contributed by atoms with Gasteiger partial charge >= 0.3 is 6.09 Å². The molecular formula is C24H23BrClN5O4. The van der Waals surface area contributed by atoms with Crippen LogP contribution in [0.1, 0.15) is 45.7 Å². The van der Waals surface area contributed by atoms with Crippen molar-refractivity contribution >= 4 is 51.3 Å². The molecule has 1 unspecified atom stereocenters. The first-order valence-corrected chi connectivity index (χ1v) is 12.2. The number of anilines is 1. The van der Waals surface area contributed by atoms with E-state index in [1.54, 1.807) is 24.3 Å². The van der Waals surface area contributed by atoms with E-state index in [0.717, 1.165) is 18.4 Å². The van der Waals surface area contributed by atoms with Crippen LogP contribution >= 0.6 is 27.5 Å². The molecule has 4 rings (SSSR count). The molecule has 1 atom stereocenters. The Morgan fingerprint density at radius 1 is 1.09 bits per heavy atom. The van der Waals surface area contributed by atoms with Gasteiger partial charge in [-0.05, 0) is 52.9 Å². The van der Waals surface area contributed by atoms with Crippen molar-refractivity contribution in [2.24, 2.45) is 0 Å². The number of carbonyl (C=O) groups is 3. The number of aromatic amines is 1. The van der Waals surface area contributed by atoms with Gasteiger partial charge in [-0.25, -0.2) is 4.79 Å². The van der Waals surface area contributed by atoms with Crippen LogP contribution in [0.4, 0.5) is 10.6 Å². The van der Waals surface area contributed by atoms with Crippen molar-refractivity contribution in [3.8, 4) is 0 Å². The number of hydrogen-bond acceptors (Lipinski definition) is 5. The molecule has 0 saturated carbocycles. The Morgan fingerprint density at radius 3 is 2.60 bits per heavy atom. The molecule has 1 aliphatic heterocycles. The maximum Gasteiger partial charge on any atom is 0.411 e. The van der Waals surface area contributed by atoms with E-state index in [2.05, 4.69) is 36.8 Å². The summed E-state index contributed by atoms with van der Waals surface area (Å²) in [7, 11) is 0. The Kier molecular flexibility index (Phi) is 8.04. The summed E-state index contributed by atoms with van der Waals surface area (Å²) in [6.45, 7) is 0.624. The van der Waals surface area contributed by atoms with Crippen molar-refractivity contribution < 1.29 is 19.1 Å². The van der Waals surface area contributed by atoms with E-state index < -0.39 is 24.1 Å². The molecule has 1 aromatic heterocycles. The zero-order valence-electron chi connectivity index (χ0n) is 18.6. The number of nitrogens with one attached hydrogen (secondary N) is 3. The van der Waals surface area contributed by atoms with Crippen molar-refractivity contribution in [1.29, 1.82) is 0 Å². The van der Waals surface area contributed by atoms with Gasteiger partial charge in [0.2, 0.25) is 0 Å². The third kappa shape index (κ3) is 6.01. The zero-order chi connectivity index (χ0) is 24.8. The quantitative estimate of drug-likeness (QED) is 0.394. The number of halogens is 2. The van der Waals surface area contributed by atoms with E-state index in [9.17, 15) is 14.4 Å². The lowest BCUT2D eigenvalue weighted by Crippen LogP contribution is -2.53. The van der Waals surface area contributed by atoms with Gasteiger partial charge in [-0.3, -0.25) is 19.6 Å². The Bertz CT molecular complexity index is 1220. The Hall–Kier alpha value is -3.37. The standard InChI is InChI=1S/C24H23BrClN5O4/c25-19-20(29-30-21(19)28-22(32)16-10-4-5-11-17(16)26)23(33)27-18-12-6-7-13-31(18)24(34)35-14-15-8-2-1-3-9-15/h1-5,8-11,18H,6-7,12-14H2,(H,27,33)(H2,28,29,30,32). The summed E-state index contributed by atoms with van der Waals surface area (Å²) < 4.78 is 5.74. The molecule has 35 heavy (non-hydrogen) atoms. The molecule has 182 valence electrons. The van der Waals surface area contributed by atoms with Gasteiger partial charge in [-0.1, -0.05) is 54.1 Å². The van der Waals surface area contributed by atoms with Crippen LogP contribution in [0.25, 0.3) is 0 Å². The number of H-pyrrole nitrogens is 1. The lowest BCUT2D eigenvalue weighted by atomic mass is 10.1. The highest BCUT2D eigenvalue weighted by atomic mass is 79.9. The first kappa shape index (κ1) is 24.7. The molecule has 2 heterocycles. The maximum atomic E-state index is 13.0. The number of benzene rings is 2. The van der Waals surface area contributed by atoms with Crippen LogP contribution in [-0.4, -0.2) is 45.7 Å². The topological polar surface area (TPSA) is 116 Å². The highest BCUT2D eigenvalue weighted by Gasteiger charge is 2.31. The lowest BCUT2D eigenvalue weighted by molar-refractivity contribution is 0.0548. The summed E-state index contributed by atoms with van der Waals surface area (Å²) >= 11 is 9.40. The monoisotopic (exact) mass is 559 g/mol. The molecule has 11 heteroatoms. The van der Waals surface area contributed by atoms with Crippen LogP contribution in [0.2, 0.25) is 5.02 Å². The summed E-state index contributed by atoms with van der Waals surface area (Å²) in [5.74, 6) is -0.799. The van der Waals surface area contributed by atoms with Crippen LogP contribution in [-0.2, 0) is 11.3 Å². The van der Waals surface area contributed by atoms with Gasteiger partial charge in [0.05, 0.1) is 15.1 Å². The van der Waals surface area contributed by atoms with Crippen LogP contribution in [0, 0.1) is 0 Å². The Morgan fingerprint density at radius 2 is 1.83 bits per heavy atom. The van der Waals surface area contributed by atoms with Gasteiger partial charge in [0, 0.05) is 6.54 Å². The van der Waals surface area contributed by atoms with Crippen molar-refractivity contribution in [3.05, 3.63) is 80.9 Å². The van der Waals surface area contributed by atoms with Crippen molar-refractivity contribution in [2.75, 3.05) is 11.9 Å². The molecular weight excluding hydrogens is 538 g/mol. The van der Waals surface area contributed by atoms with Gasteiger partial charge < -0.3 is 15.4 Å². The third-order valence-corrected chi connectivity index (χ3v) is 6.63. The number of nitrogens with zero attached hydrogens (tertiary/aromatic N) is 2. The van der Waals surface area contributed by atoms with Crippen LogP contribution in [0.15, 0.2) is 59.1 Å². The van der Waals surface area contributed by atoms with E-state index >= 15 is 0 Å². The normalized spacial score (nSPS) is 15.4. The van der Waals surface area contributed by atoms with E-state index in [4.69, 9.17) is 16.3 Å². The summed E-state index contributed by atoms with van der Waals surface area (Å²) in [5, 5.41) is 12.5. The minimum Gasteiger partial charge on any atom is -0.444 e. The first-order chi connectivity index (χ1) is 16.9. The average Bonchev–Trinajstić information content (AvgIpc) is 3.23. The summed E-state index contributed by atoms with van der Waals surface area (Å²) in [4.78, 5) is 39.8. The SMILES string of the molecule is O=C(Nc1n[nH]c(C(=O)NC2CCCCN2C(=O)OCc2ccccc2)c1Br)c1ccccc1Cl. The molecule has 0 radical (unpaired) electrons. The molecule has 1 saturated heterocycles. The van der Waals surface area contributed by atoms with Gasteiger partial charge in [0.1, 0.15) is 18.5 Å². The van der Waals surface area contributed by atoms with E-state index in [1.807, 2.05) is 30.3 Å². The van der Waals surface area contributed by atoms with E-state index in [1.165, 1.54) is 4.90 Å². The van der Waals surface area contributed by atoms with Crippen molar-refractivity contribution in [2.45, 2.75) is 32.0 Å². The van der Waals surface area contributed by atoms with Crippen molar-refractivity contribution in [3.63, 3.8) is 0 Å². The molecule has 0 bridgehead atoms. The molecule has 1 fully saturated rings. The highest BCUT2D eigenvalue weighted by molar-refractivity contribution is 9.10. The third-order valence-electron chi connectivity index (χ3n) is 5.52. The number of piperidine rings is 1. The highest BCUT2D eigenvalue weighted by Crippen LogP contribution is 2.26. The van der Waals surface area contributed by atoms with Gasteiger partial charge in [0.25, 0.3) is 11.8 Å². The van der Waals surface area contributed by atoms with Crippen LogP contribution in [0.3, 0.4) is 0 Å². The van der Waals surface area contributed by atoms with E-state index in [0.29, 0.717) is 18.0 Å². The van der Waals surface area contributed by atoms with E-state index in [-0.39, 0.29) is 28.2 Å². The molecule has 0 spiro atoms. The fourth-order valence-corrected chi connectivity index (χ4v) is 4.39. The Labute approximate surface area is 215 Å². The lowest BCUT2D eigenvalue weighted by Gasteiger charge is -2.35. The molecule has 9 nitrogen and oxygen atoms in total. The van der Waals surface area contributed by atoms with Gasteiger partial charge in [0.15, 0.2) is 5.82 Å². The largest absolute Gasteiger partial charge is 0.444 e. The summed E-state index contributed by atoms with van der Waals surface area (Å²) in [6.07, 6.45) is 1.25. The van der Waals surface area contributed by atoms with Crippen LogP contribution in [0.5, 0.6) is 0 Å². The number of carbonyl (C=O) groups excluding carboxylic acids is 3. The molecule has 1 aliphatic rings. The number of amides is 3. The second-order valence-corrected chi connectivity index (χ2v) is 9.11. The fourth-order valence-electron chi connectivity index (χ4n) is 3.71.